The highest BCUT2D eigenvalue weighted by atomic mass is 19.1. The van der Waals surface area contributed by atoms with E-state index in [2.05, 4.69) is 20.9 Å². The van der Waals surface area contributed by atoms with Crippen LogP contribution in [0.5, 0.6) is 0 Å². The molecule has 0 aromatic heterocycles. The van der Waals surface area contributed by atoms with Crippen LogP contribution in [-0.4, -0.2) is 53.4 Å². The second-order valence-electron chi connectivity index (χ2n) is 8.93. The van der Waals surface area contributed by atoms with E-state index < -0.39 is 5.82 Å². The first-order valence-electron chi connectivity index (χ1n) is 11.9. The number of hydrogen-bond donors (Lipinski definition) is 3. The van der Waals surface area contributed by atoms with E-state index in [4.69, 9.17) is 0 Å². The fraction of sp³-hybridized carbons (Fsp3) is 0.385. The van der Waals surface area contributed by atoms with E-state index in [1.165, 1.54) is 12.1 Å². The van der Waals surface area contributed by atoms with Crippen LogP contribution in [0.15, 0.2) is 47.5 Å². The van der Waals surface area contributed by atoms with Crippen molar-refractivity contribution in [1.82, 2.24) is 9.80 Å². The van der Waals surface area contributed by atoms with Crippen molar-refractivity contribution in [2.75, 3.05) is 35.6 Å². The number of nitriles is 1. The maximum Gasteiger partial charge on any atom is 0.321 e. The van der Waals surface area contributed by atoms with Crippen LogP contribution >= 0.6 is 0 Å². The lowest BCUT2D eigenvalue weighted by atomic mass is 10.00. The molecule has 0 radical (unpaired) electrons. The summed E-state index contributed by atoms with van der Waals surface area (Å²) in [5.41, 5.74) is 2.61. The van der Waals surface area contributed by atoms with Gasteiger partial charge in [0.1, 0.15) is 5.82 Å². The van der Waals surface area contributed by atoms with E-state index in [-0.39, 0.29) is 23.9 Å². The molecule has 1 unspecified atom stereocenters. The van der Waals surface area contributed by atoms with Gasteiger partial charge in [-0.2, -0.15) is 5.26 Å². The van der Waals surface area contributed by atoms with Gasteiger partial charge in [0.05, 0.1) is 6.04 Å². The number of halogens is 1. The van der Waals surface area contributed by atoms with Crippen molar-refractivity contribution in [3.63, 3.8) is 0 Å². The zero-order valence-electron chi connectivity index (χ0n) is 21.0. The molecule has 2 aromatic rings. The molecule has 0 aliphatic carbocycles. The number of anilines is 3. The molecule has 3 rings (SSSR count). The van der Waals surface area contributed by atoms with Crippen LogP contribution in [-0.2, 0) is 4.79 Å². The highest BCUT2D eigenvalue weighted by molar-refractivity contribution is 5.98. The molecule has 0 saturated carbocycles. The monoisotopic (exact) mass is 493 g/mol. The topological polar surface area (TPSA) is 113 Å². The second-order valence-corrected chi connectivity index (χ2v) is 8.93. The molecular formula is C26H32FN7O2. The number of carbonyl (C=O) groups is 2. The van der Waals surface area contributed by atoms with Gasteiger partial charge >= 0.3 is 6.03 Å². The lowest BCUT2D eigenvalue weighted by molar-refractivity contribution is -0.115. The number of guanidine groups is 1. The fourth-order valence-electron chi connectivity index (χ4n) is 4.07. The van der Waals surface area contributed by atoms with E-state index >= 15 is 0 Å². The van der Waals surface area contributed by atoms with Gasteiger partial charge in [-0.1, -0.05) is 32.9 Å². The van der Waals surface area contributed by atoms with Gasteiger partial charge in [0.2, 0.25) is 18.1 Å². The van der Waals surface area contributed by atoms with E-state index in [9.17, 15) is 19.2 Å². The zero-order chi connectivity index (χ0) is 26.2. The number of benzene rings is 2. The van der Waals surface area contributed by atoms with Gasteiger partial charge in [0.15, 0.2) is 0 Å². The normalized spacial score (nSPS) is 15.9. The third-order valence-electron chi connectivity index (χ3n) is 6.15. The summed E-state index contributed by atoms with van der Waals surface area (Å²) in [4.78, 5) is 32.5. The first-order chi connectivity index (χ1) is 17.2. The number of urea groups is 1. The molecule has 36 heavy (non-hydrogen) atoms. The highest BCUT2D eigenvalue weighted by Gasteiger charge is 2.34. The van der Waals surface area contributed by atoms with Crippen LogP contribution < -0.4 is 16.0 Å². The summed E-state index contributed by atoms with van der Waals surface area (Å²) in [6.45, 7) is 8.99. The second kappa shape index (κ2) is 12.0. The Morgan fingerprint density at radius 2 is 1.83 bits per heavy atom. The number of carbonyl (C=O) groups excluding carboxylic acids is 2. The number of nitrogens with one attached hydrogen (secondary N) is 3. The van der Waals surface area contributed by atoms with Gasteiger partial charge in [-0.15, -0.1) is 4.99 Å². The molecule has 1 aliphatic heterocycles. The van der Waals surface area contributed by atoms with E-state index in [1.807, 2.05) is 50.1 Å². The SMILES string of the molecule is CCC(=O)Nc1cccc(N/C(=N/C#N)N2CCN(C(=O)Nc3cccc(F)c3)CC2C(C)C)c1C. The van der Waals surface area contributed by atoms with Gasteiger partial charge in [-0.05, 0) is 48.7 Å². The molecule has 2 aromatic carbocycles. The minimum absolute atomic E-state index is 0.0892. The van der Waals surface area contributed by atoms with Crippen molar-refractivity contribution >= 4 is 35.0 Å². The third kappa shape index (κ3) is 6.50. The first kappa shape index (κ1) is 26.5. The molecule has 0 spiro atoms. The number of nitrogens with zero attached hydrogens (tertiary/aromatic N) is 4. The van der Waals surface area contributed by atoms with Crippen LogP contribution in [0.3, 0.4) is 0 Å². The van der Waals surface area contributed by atoms with Crippen LogP contribution in [0.1, 0.15) is 32.8 Å². The Balaban J connectivity index is 1.78. The number of hydrogen-bond acceptors (Lipinski definition) is 4. The zero-order valence-corrected chi connectivity index (χ0v) is 21.0. The van der Waals surface area contributed by atoms with Crippen molar-refractivity contribution in [3.8, 4) is 6.19 Å². The summed E-state index contributed by atoms with van der Waals surface area (Å²) in [6, 6.07) is 10.8. The number of piperazine rings is 1. The molecule has 1 aliphatic rings. The Hall–Kier alpha value is -4.13. The molecule has 1 atom stereocenters. The minimum Gasteiger partial charge on any atom is -0.335 e. The molecule has 0 bridgehead atoms. The lowest BCUT2D eigenvalue weighted by Gasteiger charge is -2.44. The van der Waals surface area contributed by atoms with Crippen molar-refractivity contribution in [2.45, 2.75) is 40.2 Å². The Labute approximate surface area is 211 Å². The maximum absolute atomic E-state index is 13.5. The fourth-order valence-corrected chi connectivity index (χ4v) is 4.07. The smallest absolute Gasteiger partial charge is 0.321 e. The lowest BCUT2D eigenvalue weighted by Crippen LogP contribution is -2.60. The molecular weight excluding hydrogens is 461 g/mol. The number of rotatable bonds is 5. The Bertz CT molecular complexity index is 1180. The molecule has 9 nitrogen and oxygen atoms in total. The Morgan fingerprint density at radius 1 is 1.14 bits per heavy atom. The van der Waals surface area contributed by atoms with Crippen LogP contribution in [0.25, 0.3) is 0 Å². The summed E-state index contributed by atoms with van der Waals surface area (Å²) in [5.74, 6) is 0.00333. The molecule has 1 heterocycles. The predicted molar refractivity (Wildman–Crippen MR) is 139 cm³/mol. The van der Waals surface area contributed by atoms with Crippen LogP contribution in [0, 0.1) is 30.1 Å². The van der Waals surface area contributed by atoms with Crippen molar-refractivity contribution < 1.29 is 14.0 Å². The quantitative estimate of drug-likeness (QED) is 0.320. The van der Waals surface area contributed by atoms with Gasteiger partial charge in [0, 0.05) is 43.1 Å². The third-order valence-corrected chi connectivity index (χ3v) is 6.15. The van der Waals surface area contributed by atoms with Gasteiger partial charge in [-0.3, -0.25) is 4.79 Å². The van der Waals surface area contributed by atoms with Crippen LogP contribution in [0.2, 0.25) is 0 Å². The van der Waals surface area contributed by atoms with Gasteiger partial charge in [0.25, 0.3) is 0 Å². The van der Waals surface area contributed by atoms with Gasteiger partial charge < -0.3 is 25.8 Å². The summed E-state index contributed by atoms with van der Waals surface area (Å²) < 4.78 is 13.5. The summed E-state index contributed by atoms with van der Waals surface area (Å²) in [5, 5.41) is 18.3. The highest BCUT2D eigenvalue weighted by Crippen LogP contribution is 2.26. The predicted octanol–water partition coefficient (Wildman–Crippen LogP) is 4.61. The average molecular weight is 494 g/mol. The molecule has 10 heteroatoms. The largest absolute Gasteiger partial charge is 0.335 e. The first-order valence-corrected chi connectivity index (χ1v) is 11.9. The Kier molecular flexibility index (Phi) is 8.84. The number of aliphatic imine (C=N–C) groups is 1. The number of amides is 3. The molecule has 190 valence electrons. The molecule has 1 saturated heterocycles. The average Bonchev–Trinajstić information content (AvgIpc) is 2.85. The van der Waals surface area contributed by atoms with Crippen molar-refractivity contribution in [3.05, 3.63) is 53.8 Å². The van der Waals surface area contributed by atoms with Crippen molar-refractivity contribution in [2.24, 2.45) is 10.9 Å². The summed E-state index contributed by atoms with van der Waals surface area (Å²) >= 11 is 0. The van der Waals surface area contributed by atoms with E-state index in [1.54, 1.807) is 24.0 Å². The molecule has 3 amide bonds. The minimum atomic E-state index is -0.422. The summed E-state index contributed by atoms with van der Waals surface area (Å²) in [6.07, 6.45) is 2.24. The van der Waals surface area contributed by atoms with Crippen molar-refractivity contribution in [1.29, 1.82) is 5.26 Å². The standard InChI is InChI=1S/C26H32FN7O2/c1-5-24(35)31-21-10-7-11-22(18(21)4)32-25(29-16-28)34-13-12-33(15-23(34)17(2)3)26(36)30-20-9-6-8-19(27)14-20/h6-11,14,17,23H,5,12-13,15H2,1-4H3,(H,29,32)(H,30,36)(H,31,35). The maximum atomic E-state index is 13.5. The summed E-state index contributed by atoms with van der Waals surface area (Å²) in [7, 11) is 0. The molecule has 3 N–H and O–H groups in total. The van der Waals surface area contributed by atoms with E-state index in [0.717, 1.165) is 5.56 Å². The van der Waals surface area contributed by atoms with Crippen LogP contribution in [0.4, 0.5) is 26.2 Å². The van der Waals surface area contributed by atoms with Gasteiger partial charge in [-0.25, -0.2) is 9.18 Å². The molecule has 1 fully saturated rings. The van der Waals surface area contributed by atoms with E-state index in [0.29, 0.717) is 49.1 Å². The Morgan fingerprint density at radius 3 is 2.47 bits per heavy atom.